The highest BCUT2D eigenvalue weighted by Gasteiger charge is 2.13. The van der Waals surface area contributed by atoms with Crippen LogP contribution in [0.2, 0.25) is 5.02 Å². The fourth-order valence-electron chi connectivity index (χ4n) is 2.68. The predicted molar refractivity (Wildman–Crippen MR) is 97.2 cm³/mol. The minimum Gasteiger partial charge on any atom is -0.486 e. The Morgan fingerprint density at radius 1 is 1.12 bits per heavy atom. The normalized spacial score (nSPS) is 12.7. The van der Waals surface area contributed by atoms with Crippen molar-refractivity contribution in [1.82, 2.24) is 15.1 Å². The number of benzene rings is 2. The Hall–Kier alpha value is -2.99. The average molecular weight is 370 g/mol. The van der Waals surface area contributed by atoms with Crippen molar-refractivity contribution in [3.63, 3.8) is 0 Å². The summed E-state index contributed by atoms with van der Waals surface area (Å²) in [5.74, 6) is 1.18. The maximum absolute atomic E-state index is 12.3. The second-order valence-corrected chi connectivity index (χ2v) is 6.22. The van der Waals surface area contributed by atoms with Gasteiger partial charge in [-0.15, -0.1) is 0 Å². The second kappa shape index (κ2) is 7.09. The van der Waals surface area contributed by atoms with E-state index in [4.69, 9.17) is 21.1 Å². The fourth-order valence-corrected chi connectivity index (χ4v) is 2.86. The number of amides is 1. The molecule has 0 unspecified atom stereocenters. The van der Waals surface area contributed by atoms with Crippen molar-refractivity contribution in [2.45, 2.75) is 6.54 Å². The van der Waals surface area contributed by atoms with Gasteiger partial charge in [-0.25, -0.2) is 4.68 Å². The summed E-state index contributed by atoms with van der Waals surface area (Å²) in [5, 5.41) is 7.78. The Bertz CT molecular complexity index is 955. The molecule has 1 amide bonds. The Balaban J connectivity index is 1.42. The first-order valence-electron chi connectivity index (χ1n) is 8.17. The van der Waals surface area contributed by atoms with Crippen molar-refractivity contribution in [3.05, 3.63) is 71.0 Å². The molecule has 4 rings (SSSR count). The van der Waals surface area contributed by atoms with Crippen LogP contribution in [0.3, 0.4) is 0 Å². The molecule has 0 bridgehead atoms. The number of hydrogen-bond acceptors (Lipinski definition) is 4. The van der Waals surface area contributed by atoms with Crippen molar-refractivity contribution in [3.8, 4) is 17.2 Å². The third-order valence-corrected chi connectivity index (χ3v) is 4.19. The van der Waals surface area contributed by atoms with Gasteiger partial charge in [0.25, 0.3) is 5.91 Å². The molecule has 0 fully saturated rings. The molecule has 0 aliphatic carbocycles. The number of halogens is 1. The van der Waals surface area contributed by atoms with Crippen LogP contribution in [0.25, 0.3) is 5.69 Å². The summed E-state index contributed by atoms with van der Waals surface area (Å²) in [5.41, 5.74) is 2.06. The highest BCUT2D eigenvalue weighted by atomic mass is 35.5. The van der Waals surface area contributed by atoms with Crippen LogP contribution in [0, 0.1) is 0 Å². The van der Waals surface area contributed by atoms with E-state index in [0.29, 0.717) is 36.2 Å². The monoisotopic (exact) mass is 369 g/mol. The van der Waals surface area contributed by atoms with Crippen LogP contribution >= 0.6 is 11.6 Å². The lowest BCUT2D eigenvalue weighted by atomic mass is 10.2. The molecule has 0 saturated carbocycles. The summed E-state index contributed by atoms with van der Waals surface area (Å²) < 4.78 is 12.7. The predicted octanol–water partition coefficient (Wildman–Crippen LogP) is 3.23. The third-order valence-electron chi connectivity index (χ3n) is 3.95. The summed E-state index contributed by atoms with van der Waals surface area (Å²) in [7, 11) is 0. The Morgan fingerprint density at radius 3 is 2.81 bits per heavy atom. The van der Waals surface area contributed by atoms with Crippen LogP contribution in [0.1, 0.15) is 16.1 Å². The van der Waals surface area contributed by atoms with Gasteiger partial charge in [0.05, 0.1) is 5.69 Å². The first kappa shape index (κ1) is 16.5. The number of carbonyl (C=O) groups excluding carboxylic acids is 1. The lowest BCUT2D eigenvalue weighted by Crippen LogP contribution is -2.23. The molecule has 3 aromatic rings. The van der Waals surface area contributed by atoms with Crippen LogP contribution in [-0.2, 0) is 6.54 Å². The maximum atomic E-state index is 12.3. The molecule has 26 heavy (non-hydrogen) atoms. The van der Waals surface area contributed by atoms with Gasteiger partial charge >= 0.3 is 0 Å². The number of fused-ring (bicyclic) bond motifs is 1. The van der Waals surface area contributed by atoms with E-state index in [-0.39, 0.29) is 5.91 Å². The minimum absolute atomic E-state index is 0.249. The van der Waals surface area contributed by atoms with Gasteiger partial charge in [-0.3, -0.25) is 4.79 Å². The molecule has 6 nitrogen and oxygen atoms in total. The number of nitrogens with zero attached hydrogens (tertiary/aromatic N) is 2. The van der Waals surface area contributed by atoms with E-state index < -0.39 is 0 Å². The average Bonchev–Trinajstić information content (AvgIpc) is 3.16. The lowest BCUT2D eigenvalue weighted by Gasteiger charge is -2.18. The Labute approximate surface area is 155 Å². The van der Waals surface area contributed by atoms with E-state index in [1.165, 1.54) is 0 Å². The second-order valence-electron chi connectivity index (χ2n) is 5.79. The third kappa shape index (κ3) is 3.50. The van der Waals surface area contributed by atoms with Crippen molar-refractivity contribution in [2.75, 3.05) is 13.2 Å². The molecule has 0 saturated heterocycles. The summed E-state index contributed by atoms with van der Waals surface area (Å²) in [6.45, 7) is 1.46. The topological polar surface area (TPSA) is 65.4 Å². The highest BCUT2D eigenvalue weighted by molar-refractivity contribution is 6.30. The standard InChI is InChI=1S/C19H16ClN3O3/c20-14-2-1-3-15(11-14)23-7-6-16(22-23)19(24)21-12-13-4-5-17-18(10-13)26-9-8-25-17/h1-7,10-11H,8-9,12H2,(H,21,24). The summed E-state index contributed by atoms with van der Waals surface area (Å²) in [6, 6.07) is 14.6. The number of carbonyl (C=O) groups is 1. The largest absolute Gasteiger partial charge is 0.486 e. The van der Waals surface area contributed by atoms with Crippen molar-refractivity contribution >= 4 is 17.5 Å². The first-order valence-corrected chi connectivity index (χ1v) is 8.55. The molecule has 1 N–H and O–H groups in total. The van der Waals surface area contributed by atoms with Crippen molar-refractivity contribution < 1.29 is 14.3 Å². The zero-order valence-electron chi connectivity index (χ0n) is 13.8. The van der Waals surface area contributed by atoms with Gasteiger partial charge < -0.3 is 14.8 Å². The number of hydrogen-bond donors (Lipinski definition) is 1. The lowest BCUT2D eigenvalue weighted by molar-refractivity contribution is 0.0945. The summed E-state index contributed by atoms with van der Waals surface area (Å²) >= 11 is 5.99. The molecule has 132 valence electrons. The van der Waals surface area contributed by atoms with Crippen molar-refractivity contribution in [1.29, 1.82) is 0 Å². The number of nitrogens with one attached hydrogen (secondary N) is 1. The Kier molecular flexibility index (Phi) is 4.50. The molecule has 2 heterocycles. The van der Waals surface area contributed by atoms with Gasteiger partial charge in [0.2, 0.25) is 0 Å². The molecule has 1 aromatic heterocycles. The van der Waals surface area contributed by atoms with Crippen LogP contribution < -0.4 is 14.8 Å². The maximum Gasteiger partial charge on any atom is 0.272 e. The van der Waals surface area contributed by atoms with Crippen LogP contribution in [0.4, 0.5) is 0 Å². The smallest absolute Gasteiger partial charge is 0.272 e. The molecular formula is C19H16ClN3O3. The van der Waals surface area contributed by atoms with E-state index in [2.05, 4.69) is 10.4 Å². The molecule has 0 radical (unpaired) electrons. The molecule has 0 spiro atoms. The molecule has 2 aromatic carbocycles. The SMILES string of the molecule is O=C(NCc1ccc2c(c1)OCCO2)c1ccn(-c2cccc(Cl)c2)n1. The Morgan fingerprint density at radius 2 is 1.96 bits per heavy atom. The van der Waals surface area contributed by atoms with E-state index in [1.54, 1.807) is 29.1 Å². The molecular weight excluding hydrogens is 354 g/mol. The van der Waals surface area contributed by atoms with E-state index in [9.17, 15) is 4.79 Å². The van der Waals surface area contributed by atoms with Gasteiger partial charge in [0.1, 0.15) is 13.2 Å². The fraction of sp³-hybridized carbons (Fsp3) is 0.158. The van der Waals surface area contributed by atoms with Crippen LogP contribution in [0.5, 0.6) is 11.5 Å². The molecule has 0 atom stereocenters. The van der Waals surface area contributed by atoms with Gasteiger partial charge in [-0.1, -0.05) is 23.7 Å². The quantitative estimate of drug-likeness (QED) is 0.766. The zero-order chi connectivity index (χ0) is 17.9. The summed E-state index contributed by atoms with van der Waals surface area (Å²) in [4.78, 5) is 12.3. The van der Waals surface area contributed by atoms with E-state index in [0.717, 1.165) is 17.0 Å². The minimum atomic E-state index is -0.249. The van der Waals surface area contributed by atoms with Crippen LogP contribution in [0.15, 0.2) is 54.7 Å². The van der Waals surface area contributed by atoms with Crippen molar-refractivity contribution in [2.24, 2.45) is 0 Å². The van der Waals surface area contributed by atoms with Crippen LogP contribution in [-0.4, -0.2) is 28.9 Å². The van der Waals surface area contributed by atoms with E-state index >= 15 is 0 Å². The molecule has 1 aliphatic rings. The van der Waals surface area contributed by atoms with E-state index in [1.807, 2.05) is 30.3 Å². The number of ether oxygens (including phenoxy) is 2. The zero-order valence-corrected chi connectivity index (χ0v) is 14.6. The van der Waals surface area contributed by atoms with Gasteiger partial charge in [-0.2, -0.15) is 5.10 Å². The van der Waals surface area contributed by atoms with Gasteiger partial charge in [0.15, 0.2) is 17.2 Å². The molecule has 7 heteroatoms. The number of aromatic nitrogens is 2. The first-order chi connectivity index (χ1) is 12.7. The van der Waals surface area contributed by atoms with Gasteiger partial charge in [0, 0.05) is 17.8 Å². The van der Waals surface area contributed by atoms with Gasteiger partial charge in [-0.05, 0) is 42.0 Å². The molecule has 1 aliphatic heterocycles. The highest BCUT2D eigenvalue weighted by Crippen LogP contribution is 2.30. The summed E-state index contributed by atoms with van der Waals surface area (Å²) in [6.07, 6.45) is 1.73. The number of rotatable bonds is 4.